The van der Waals surface area contributed by atoms with Gasteiger partial charge in [0.1, 0.15) is 28.0 Å². The molecule has 1 aromatic heterocycles. The van der Waals surface area contributed by atoms with Gasteiger partial charge in [-0.2, -0.15) is 9.29 Å². The first-order chi connectivity index (χ1) is 15.2. The quantitative estimate of drug-likeness (QED) is 0.480. The molecule has 3 aromatic rings. The maximum absolute atomic E-state index is 13.9. The van der Waals surface area contributed by atoms with Gasteiger partial charge in [-0.05, 0) is 42.5 Å². The van der Waals surface area contributed by atoms with Crippen molar-refractivity contribution in [2.45, 2.75) is 4.90 Å². The van der Waals surface area contributed by atoms with Crippen LogP contribution in [0, 0.1) is 11.6 Å². The Balaban J connectivity index is 1.66. The molecule has 0 saturated carbocycles. The molecule has 0 aliphatic heterocycles. The van der Waals surface area contributed by atoms with E-state index in [1.54, 1.807) is 43.3 Å². The van der Waals surface area contributed by atoms with E-state index in [-0.39, 0.29) is 19.0 Å². The SMILES string of the molecule is COc1ccc(Oc2cncc(N(C)CCN(C)S(=O)(=O)c3cc(F)ccc3F)n2)cc1. The lowest BCUT2D eigenvalue weighted by Gasteiger charge is -2.23. The predicted octanol–water partition coefficient (Wildman–Crippen LogP) is 3.31. The zero-order chi connectivity index (χ0) is 23.3. The lowest BCUT2D eigenvalue weighted by Crippen LogP contribution is -2.35. The summed E-state index contributed by atoms with van der Waals surface area (Å²) in [6, 6.07) is 9.25. The summed E-state index contributed by atoms with van der Waals surface area (Å²) in [7, 11) is 0.356. The molecule has 32 heavy (non-hydrogen) atoms. The van der Waals surface area contributed by atoms with E-state index in [1.807, 2.05) is 0 Å². The van der Waals surface area contributed by atoms with Crippen molar-refractivity contribution in [1.82, 2.24) is 14.3 Å². The molecule has 0 fully saturated rings. The van der Waals surface area contributed by atoms with Gasteiger partial charge in [0.2, 0.25) is 15.9 Å². The number of hydrogen-bond donors (Lipinski definition) is 0. The molecule has 3 rings (SSSR count). The minimum atomic E-state index is -4.20. The van der Waals surface area contributed by atoms with E-state index in [9.17, 15) is 17.2 Å². The molecule has 1 heterocycles. The fraction of sp³-hybridized carbons (Fsp3) is 0.238. The Kier molecular flexibility index (Phi) is 7.21. The summed E-state index contributed by atoms with van der Waals surface area (Å²) in [5.74, 6) is 0.0818. The third-order valence-electron chi connectivity index (χ3n) is 4.60. The van der Waals surface area contributed by atoms with Gasteiger partial charge < -0.3 is 14.4 Å². The van der Waals surface area contributed by atoms with Crippen LogP contribution < -0.4 is 14.4 Å². The van der Waals surface area contributed by atoms with Crippen LogP contribution in [0.25, 0.3) is 0 Å². The predicted molar refractivity (Wildman–Crippen MR) is 115 cm³/mol. The van der Waals surface area contributed by atoms with Crippen molar-refractivity contribution in [1.29, 1.82) is 0 Å². The number of ether oxygens (including phenoxy) is 2. The first kappa shape index (κ1) is 23.4. The minimum Gasteiger partial charge on any atom is -0.497 e. The largest absolute Gasteiger partial charge is 0.497 e. The first-order valence-corrected chi connectivity index (χ1v) is 10.9. The molecule has 0 spiro atoms. The third-order valence-corrected chi connectivity index (χ3v) is 6.48. The van der Waals surface area contributed by atoms with Gasteiger partial charge in [0, 0.05) is 27.2 Å². The molecule has 170 valence electrons. The van der Waals surface area contributed by atoms with Crippen molar-refractivity contribution in [2.75, 3.05) is 39.2 Å². The number of aromatic nitrogens is 2. The van der Waals surface area contributed by atoms with Crippen LogP contribution >= 0.6 is 0 Å². The average Bonchev–Trinajstić information content (AvgIpc) is 2.79. The number of nitrogens with zero attached hydrogens (tertiary/aromatic N) is 4. The van der Waals surface area contributed by atoms with Crippen molar-refractivity contribution in [3.05, 3.63) is 66.5 Å². The second-order valence-corrected chi connectivity index (χ2v) is 8.83. The summed E-state index contributed by atoms with van der Waals surface area (Å²) in [6.07, 6.45) is 2.95. The topological polar surface area (TPSA) is 84.9 Å². The molecule has 2 aromatic carbocycles. The summed E-state index contributed by atoms with van der Waals surface area (Å²) in [4.78, 5) is 9.43. The van der Waals surface area contributed by atoms with Crippen LogP contribution in [0.15, 0.2) is 59.8 Å². The van der Waals surface area contributed by atoms with Crippen LogP contribution in [0.4, 0.5) is 14.6 Å². The number of sulfonamides is 1. The standard InChI is InChI=1S/C21H22F2N4O4S/c1-26(10-11-27(2)32(28,29)19-12-15(22)4-9-18(19)23)20-13-24-14-21(25-20)31-17-7-5-16(30-3)6-8-17/h4-9,12-14H,10-11H2,1-3H3. The number of halogens is 2. The lowest BCUT2D eigenvalue weighted by molar-refractivity contribution is 0.412. The van der Waals surface area contributed by atoms with Gasteiger partial charge in [-0.25, -0.2) is 17.2 Å². The molecule has 0 aliphatic carbocycles. The monoisotopic (exact) mass is 464 g/mol. The summed E-state index contributed by atoms with van der Waals surface area (Å²) >= 11 is 0. The Morgan fingerprint density at radius 2 is 1.66 bits per heavy atom. The van der Waals surface area contributed by atoms with E-state index in [2.05, 4.69) is 9.97 Å². The number of rotatable bonds is 9. The van der Waals surface area contributed by atoms with Crippen molar-refractivity contribution >= 4 is 15.8 Å². The van der Waals surface area contributed by atoms with Crippen LogP contribution in [0.5, 0.6) is 17.4 Å². The van der Waals surface area contributed by atoms with Gasteiger partial charge in [-0.15, -0.1) is 0 Å². The van der Waals surface area contributed by atoms with Gasteiger partial charge >= 0.3 is 0 Å². The van der Waals surface area contributed by atoms with E-state index in [0.717, 1.165) is 16.4 Å². The molecule has 0 N–H and O–H groups in total. The highest BCUT2D eigenvalue weighted by Crippen LogP contribution is 2.24. The Hall–Kier alpha value is -3.31. The van der Waals surface area contributed by atoms with Crippen LogP contribution in [0.1, 0.15) is 0 Å². The Bertz CT molecular complexity index is 1180. The van der Waals surface area contributed by atoms with Crippen molar-refractivity contribution < 1.29 is 26.7 Å². The van der Waals surface area contributed by atoms with Gasteiger partial charge in [0.25, 0.3) is 0 Å². The number of methoxy groups -OCH3 is 1. The van der Waals surface area contributed by atoms with Gasteiger partial charge in [-0.1, -0.05) is 0 Å². The van der Waals surface area contributed by atoms with E-state index < -0.39 is 26.6 Å². The summed E-state index contributed by atoms with van der Waals surface area (Å²) in [5.41, 5.74) is 0. The first-order valence-electron chi connectivity index (χ1n) is 9.47. The Labute approximate surface area is 185 Å². The smallest absolute Gasteiger partial charge is 0.245 e. The molecular formula is C21H22F2N4O4S. The lowest BCUT2D eigenvalue weighted by atomic mass is 10.3. The van der Waals surface area contributed by atoms with Crippen molar-refractivity contribution in [3.8, 4) is 17.4 Å². The highest BCUT2D eigenvalue weighted by atomic mass is 32.2. The van der Waals surface area contributed by atoms with Gasteiger partial charge in [0.15, 0.2) is 5.82 Å². The molecule has 0 unspecified atom stereocenters. The fourth-order valence-corrected chi connectivity index (χ4v) is 3.94. The van der Waals surface area contributed by atoms with Crippen LogP contribution in [0.2, 0.25) is 0 Å². The number of hydrogen-bond acceptors (Lipinski definition) is 7. The average molecular weight is 464 g/mol. The van der Waals surface area contributed by atoms with E-state index >= 15 is 0 Å². The van der Waals surface area contributed by atoms with E-state index in [0.29, 0.717) is 23.4 Å². The van der Waals surface area contributed by atoms with Crippen LogP contribution in [-0.4, -0.2) is 57.0 Å². The number of likely N-dealkylation sites (N-methyl/N-ethyl adjacent to an activating group) is 2. The summed E-state index contributed by atoms with van der Waals surface area (Å²) in [5, 5.41) is 0. The number of benzene rings is 2. The zero-order valence-electron chi connectivity index (χ0n) is 17.7. The van der Waals surface area contributed by atoms with Crippen molar-refractivity contribution in [3.63, 3.8) is 0 Å². The van der Waals surface area contributed by atoms with Crippen molar-refractivity contribution in [2.24, 2.45) is 0 Å². The molecule has 8 nitrogen and oxygen atoms in total. The molecule has 0 radical (unpaired) electrons. The third kappa shape index (κ3) is 5.48. The summed E-state index contributed by atoms with van der Waals surface area (Å²) in [6.45, 7) is 0.216. The normalized spacial score (nSPS) is 11.4. The van der Waals surface area contributed by atoms with E-state index in [1.165, 1.54) is 19.4 Å². The maximum atomic E-state index is 13.9. The van der Waals surface area contributed by atoms with Gasteiger partial charge in [0.05, 0.1) is 19.5 Å². The molecule has 0 atom stereocenters. The molecule has 0 amide bonds. The van der Waals surface area contributed by atoms with E-state index in [4.69, 9.17) is 9.47 Å². The zero-order valence-corrected chi connectivity index (χ0v) is 18.5. The fourth-order valence-electron chi connectivity index (χ4n) is 2.70. The molecule has 0 aliphatic rings. The maximum Gasteiger partial charge on any atom is 0.245 e. The molecule has 0 bridgehead atoms. The van der Waals surface area contributed by atoms with Crippen LogP contribution in [-0.2, 0) is 10.0 Å². The van der Waals surface area contributed by atoms with Gasteiger partial charge in [-0.3, -0.25) is 4.98 Å². The highest BCUT2D eigenvalue weighted by Gasteiger charge is 2.25. The number of anilines is 1. The molecule has 11 heteroatoms. The van der Waals surface area contributed by atoms with Crippen LogP contribution in [0.3, 0.4) is 0 Å². The molecular weight excluding hydrogens is 442 g/mol. The second-order valence-electron chi connectivity index (χ2n) is 6.82. The Morgan fingerprint density at radius 1 is 0.969 bits per heavy atom. The minimum absolute atomic E-state index is 0.0000311. The second kappa shape index (κ2) is 9.88. The summed E-state index contributed by atoms with van der Waals surface area (Å²) < 4.78 is 64.3. The molecule has 0 saturated heterocycles. The highest BCUT2D eigenvalue weighted by molar-refractivity contribution is 7.89. The Morgan fingerprint density at radius 3 is 2.34 bits per heavy atom.